The highest BCUT2D eigenvalue weighted by atomic mass is 19.1. The first-order valence-corrected chi connectivity index (χ1v) is 4.57. The Bertz CT molecular complexity index is 393. The van der Waals surface area contributed by atoms with E-state index in [1.54, 1.807) is 6.07 Å². The highest BCUT2D eigenvalue weighted by Gasteiger charge is 2.21. The zero-order valence-electron chi connectivity index (χ0n) is 8.11. The smallest absolute Gasteiger partial charge is 0.311 e. The number of aliphatic carboxylic acids is 1. The Kier molecular flexibility index (Phi) is 3.87. The number of halogens is 1. The predicted octanol–water partition coefficient (Wildman–Crippen LogP) is 2.41. The first-order valence-electron chi connectivity index (χ1n) is 4.57. The minimum Gasteiger partial charge on any atom is -0.481 e. The summed E-state index contributed by atoms with van der Waals surface area (Å²) in [5.74, 6) is -0.0467. The van der Waals surface area contributed by atoms with Gasteiger partial charge in [0.05, 0.1) is 5.92 Å². The molecule has 0 bridgehead atoms. The van der Waals surface area contributed by atoms with Crippen molar-refractivity contribution in [2.24, 2.45) is 0 Å². The van der Waals surface area contributed by atoms with Gasteiger partial charge >= 0.3 is 5.97 Å². The quantitative estimate of drug-likeness (QED) is 0.768. The van der Waals surface area contributed by atoms with Crippen LogP contribution in [0.2, 0.25) is 0 Å². The SMILES string of the molecule is C#CCCC(C(=O)O)c1ccccc1F. The maximum absolute atomic E-state index is 13.3. The Morgan fingerprint density at radius 1 is 1.53 bits per heavy atom. The molecule has 0 saturated carbocycles. The maximum Gasteiger partial charge on any atom is 0.311 e. The Balaban J connectivity index is 2.95. The molecule has 0 aliphatic rings. The largest absolute Gasteiger partial charge is 0.481 e. The summed E-state index contributed by atoms with van der Waals surface area (Å²) in [6.45, 7) is 0. The fourth-order valence-corrected chi connectivity index (χ4v) is 1.40. The molecule has 0 aliphatic heterocycles. The number of carboxylic acids is 1. The molecule has 1 unspecified atom stereocenters. The first-order chi connectivity index (χ1) is 7.16. The monoisotopic (exact) mass is 206 g/mol. The van der Waals surface area contributed by atoms with Crippen molar-refractivity contribution < 1.29 is 14.3 Å². The summed E-state index contributed by atoms with van der Waals surface area (Å²) in [5.41, 5.74) is 0.195. The lowest BCUT2D eigenvalue weighted by molar-refractivity contribution is -0.139. The van der Waals surface area contributed by atoms with Crippen molar-refractivity contribution in [3.63, 3.8) is 0 Å². The number of hydrogen-bond acceptors (Lipinski definition) is 1. The summed E-state index contributed by atoms with van der Waals surface area (Å²) < 4.78 is 13.3. The van der Waals surface area contributed by atoms with Crippen LogP contribution < -0.4 is 0 Å². The molecule has 0 aromatic heterocycles. The van der Waals surface area contributed by atoms with E-state index in [1.165, 1.54) is 18.2 Å². The van der Waals surface area contributed by atoms with Crippen LogP contribution >= 0.6 is 0 Å². The molecule has 0 aliphatic carbocycles. The molecule has 0 heterocycles. The van der Waals surface area contributed by atoms with Crippen molar-refractivity contribution in [3.05, 3.63) is 35.6 Å². The van der Waals surface area contributed by atoms with Crippen molar-refractivity contribution in [3.8, 4) is 12.3 Å². The summed E-state index contributed by atoms with van der Waals surface area (Å²) in [4.78, 5) is 10.9. The maximum atomic E-state index is 13.3. The Labute approximate surface area is 87.7 Å². The van der Waals surface area contributed by atoms with E-state index in [2.05, 4.69) is 5.92 Å². The molecule has 0 fully saturated rings. The van der Waals surface area contributed by atoms with Crippen molar-refractivity contribution in [1.82, 2.24) is 0 Å². The van der Waals surface area contributed by atoms with Crippen LogP contribution in [0.25, 0.3) is 0 Å². The van der Waals surface area contributed by atoms with Crippen LogP contribution in [0.3, 0.4) is 0 Å². The fourth-order valence-electron chi connectivity index (χ4n) is 1.40. The minimum absolute atomic E-state index is 0.195. The van der Waals surface area contributed by atoms with Gasteiger partial charge < -0.3 is 5.11 Å². The predicted molar refractivity (Wildman–Crippen MR) is 54.8 cm³/mol. The van der Waals surface area contributed by atoms with Crippen LogP contribution in [0.4, 0.5) is 4.39 Å². The molecule has 15 heavy (non-hydrogen) atoms. The van der Waals surface area contributed by atoms with Gasteiger partial charge in [0.15, 0.2) is 0 Å². The summed E-state index contributed by atoms with van der Waals surface area (Å²) >= 11 is 0. The van der Waals surface area contributed by atoms with Crippen molar-refractivity contribution in [2.75, 3.05) is 0 Å². The zero-order valence-corrected chi connectivity index (χ0v) is 8.11. The summed E-state index contributed by atoms with van der Waals surface area (Å²) in [7, 11) is 0. The van der Waals surface area contributed by atoms with Crippen LogP contribution in [-0.2, 0) is 4.79 Å². The third kappa shape index (κ3) is 2.81. The molecule has 1 aromatic carbocycles. The lowest BCUT2D eigenvalue weighted by atomic mass is 9.94. The second-order valence-corrected chi connectivity index (χ2v) is 3.16. The molecular weight excluding hydrogens is 195 g/mol. The average Bonchev–Trinajstić information content (AvgIpc) is 2.20. The number of carbonyl (C=O) groups is 1. The molecular formula is C12H11FO2. The van der Waals surface area contributed by atoms with Crippen molar-refractivity contribution in [1.29, 1.82) is 0 Å². The Morgan fingerprint density at radius 3 is 2.73 bits per heavy atom. The van der Waals surface area contributed by atoms with Crippen LogP contribution in [0.15, 0.2) is 24.3 Å². The van der Waals surface area contributed by atoms with Gasteiger partial charge in [0.25, 0.3) is 0 Å². The molecule has 2 nitrogen and oxygen atoms in total. The molecule has 3 heteroatoms. The van der Waals surface area contributed by atoms with Crippen LogP contribution in [0, 0.1) is 18.2 Å². The second-order valence-electron chi connectivity index (χ2n) is 3.16. The third-order valence-electron chi connectivity index (χ3n) is 2.16. The van der Waals surface area contributed by atoms with Gasteiger partial charge in [-0.15, -0.1) is 12.3 Å². The fraction of sp³-hybridized carbons (Fsp3) is 0.250. The second kappa shape index (κ2) is 5.16. The first kappa shape index (κ1) is 11.3. The average molecular weight is 206 g/mol. The molecule has 1 N–H and O–H groups in total. The van der Waals surface area contributed by atoms with Gasteiger partial charge in [-0.25, -0.2) is 4.39 Å². The summed E-state index contributed by atoms with van der Waals surface area (Å²) in [6.07, 6.45) is 5.64. The lowest BCUT2D eigenvalue weighted by Crippen LogP contribution is -2.13. The number of terminal acetylenes is 1. The van der Waals surface area contributed by atoms with Gasteiger partial charge in [0.1, 0.15) is 5.82 Å². The van der Waals surface area contributed by atoms with Crippen LogP contribution in [-0.4, -0.2) is 11.1 Å². The Morgan fingerprint density at radius 2 is 2.20 bits per heavy atom. The topological polar surface area (TPSA) is 37.3 Å². The zero-order chi connectivity index (χ0) is 11.3. The normalized spacial score (nSPS) is 11.7. The molecule has 1 atom stereocenters. The van der Waals surface area contributed by atoms with E-state index in [0.29, 0.717) is 6.42 Å². The van der Waals surface area contributed by atoms with Gasteiger partial charge in [-0.3, -0.25) is 4.79 Å². The molecule has 1 rings (SSSR count). The molecule has 1 aromatic rings. The molecule has 0 radical (unpaired) electrons. The van der Waals surface area contributed by atoms with Crippen LogP contribution in [0.1, 0.15) is 24.3 Å². The minimum atomic E-state index is -1.05. The Hall–Kier alpha value is -1.82. The number of carboxylic acid groups (broad SMARTS) is 1. The van der Waals surface area contributed by atoms with Crippen LogP contribution in [0.5, 0.6) is 0 Å². The van der Waals surface area contributed by atoms with Gasteiger partial charge in [0, 0.05) is 12.0 Å². The van der Waals surface area contributed by atoms with E-state index in [9.17, 15) is 9.18 Å². The van der Waals surface area contributed by atoms with Gasteiger partial charge in [0.2, 0.25) is 0 Å². The van der Waals surface area contributed by atoms with Crippen molar-refractivity contribution >= 4 is 5.97 Å². The molecule has 78 valence electrons. The van der Waals surface area contributed by atoms with E-state index in [1.807, 2.05) is 0 Å². The lowest BCUT2D eigenvalue weighted by Gasteiger charge is -2.11. The van der Waals surface area contributed by atoms with Gasteiger partial charge in [-0.1, -0.05) is 18.2 Å². The van der Waals surface area contributed by atoms with E-state index >= 15 is 0 Å². The number of benzene rings is 1. The van der Waals surface area contributed by atoms with E-state index in [4.69, 9.17) is 11.5 Å². The standard InChI is InChI=1S/C12H11FO2/c1-2-3-6-10(12(14)15)9-7-4-5-8-11(9)13/h1,4-5,7-8,10H,3,6H2,(H,14,15). The van der Waals surface area contributed by atoms with Gasteiger partial charge in [-0.05, 0) is 12.5 Å². The number of hydrogen-bond donors (Lipinski definition) is 1. The summed E-state index contributed by atoms with van der Waals surface area (Å²) in [5, 5.41) is 8.94. The molecule has 0 saturated heterocycles. The third-order valence-corrected chi connectivity index (χ3v) is 2.16. The highest BCUT2D eigenvalue weighted by Crippen LogP contribution is 2.23. The van der Waals surface area contributed by atoms with E-state index < -0.39 is 17.7 Å². The number of rotatable bonds is 4. The highest BCUT2D eigenvalue weighted by molar-refractivity contribution is 5.76. The molecule has 0 amide bonds. The molecule has 0 spiro atoms. The van der Waals surface area contributed by atoms with E-state index in [0.717, 1.165) is 0 Å². The van der Waals surface area contributed by atoms with E-state index in [-0.39, 0.29) is 12.0 Å². The summed E-state index contributed by atoms with van der Waals surface area (Å²) in [6, 6.07) is 5.87. The van der Waals surface area contributed by atoms with Crippen molar-refractivity contribution in [2.45, 2.75) is 18.8 Å². The van der Waals surface area contributed by atoms with Gasteiger partial charge in [-0.2, -0.15) is 0 Å².